The van der Waals surface area contributed by atoms with E-state index < -0.39 is 6.29 Å². The first kappa shape index (κ1) is 17.7. The third-order valence-electron chi connectivity index (χ3n) is 3.22. The summed E-state index contributed by atoms with van der Waals surface area (Å²) in [7, 11) is 0. The summed E-state index contributed by atoms with van der Waals surface area (Å²) in [6, 6.07) is 0. The molecular weight excluding hydrogens is 224 g/mol. The van der Waals surface area contributed by atoms with Crippen molar-refractivity contribution in [3.63, 3.8) is 0 Å². The van der Waals surface area contributed by atoms with Gasteiger partial charge in [-0.05, 0) is 32.1 Å². The molecule has 0 aromatic carbocycles. The van der Waals surface area contributed by atoms with Crippen molar-refractivity contribution in [3.8, 4) is 0 Å². The maximum atomic E-state index is 8.68. The number of hydrogen-bond donors (Lipinski definition) is 2. The summed E-state index contributed by atoms with van der Waals surface area (Å²) in [4.78, 5) is 0. The molecule has 108 valence electrons. The summed E-state index contributed by atoms with van der Waals surface area (Å²) in [6.07, 6.45) is 17.7. The van der Waals surface area contributed by atoms with Crippen LogP contribution in [-0.4, -0.2) is 16.5 Å². The lowest BCUT2D eigenvalue weighted by molar-refractivity contribution is -0.0466. The zero-order chi connectivity index (χ0) is 13.5. The van der Waals surface area contributed by atoms with Crippen molar-refractivity contribution in [3.05, 3.63) is 12.2 Å². The predicted molar refractivity (Wildman–Crippen MR) is 78.4 cm³/mol. The summed E-state index contributed by atoms with van der Waals surface area (Å²) in [5.41, 5.74) is 0. The van der Waals surface area contributed by atoms with Gasteiger partial charge in [0.25, 0.3) is 0 Å². The lowest BCUT2D eigenvalue weighted by Gasteiger charge is -2.03. The molecule has 18 heavy (non-hydrogen) atoms. The van der Waals surface area contributed by atoms with Crippen LogP contribution >= 0.6 is 0 Å². The van der Waals surface area contributed by atoms with E-state index in [1.165, 1.54) is 57.8 Å². The van der Waals surface area contributed by atoms with E-state index in [9.17, 15) is 0 Å². The van der Waals surface area contributed by atoms with E-state index >= 15 is 0 Å². The Morgan fingerprint density at radius 2 is 1.22 bits per heavy atom. The van der Waals surface area contributed by atoms with Crippen LogP contribution in [0.4, 0.5) is 0 Å². The van der Waals surface area contributed by atoms with Crippen LogP contribution < -0.4 is 0 Å². The Morgan fingerprint density at radius 1 is 0.722 bits per heavy atom. The fraction of sp³-hybridized carbons (Fsp3) is 0.875. The number of hydrogen-bond acceptors (Lipinski definition) is 2. The Labute approximate surface area is 113 Å². The molecule has 2 nitrogen and oxygen atoms in total. The summed E-state index contributed by atoms with van der Waals surface area (Å²) < 4.78 is 0. The summed E-state index contributed by atoms with van der Waals surface area (Å²) in [6.45, 7) is 2.23. The van der Waals surface area contributed by atoms with Gasteiger partial charge >= 0.3 is 0 Å². The summed E-state index contributed by atoms with van der Waals surface area (Å²) in [5.74, 6) is 0. The van der Waals surface area contributed by atoms with Crippen molar-refractivity contribution in [2.24, 2.45) is 0 Å². The topological polar surface area (TPSA) is 40.5 Å². The fourth-order valence-electron chi connectivity index (χ4n) is 2.03. The molecule has 0 aliphatic carbocycles. The van der Waals surface area contributed by atoms with Crippen LogP contribution in [-0.2, 0) is 0 Å². The normalized spacial score (nSPS) is 11.8. The number of aliphatic hydroxyl groups excluding tert-OH is 1. The van der Waals surface area contributed by atoms with Crippen molar-refractivity contribution in [1.29, 1.82) is 0 Å². The average molecular weight is 256 g/mol. The molecule has 0 fully saturated rings. The van der Waals surface area contributed by atoms with Gasteiger partial charge in [0.05, 0.1) is 0 Å². The maximum absolute atomic E-state index is 8.68. The van der Waals surface area contributed by atoms with Crippen LogP contribution in [0.2, 0.25) is 0 Å². The lowest BCUT2D eigenvalue weighted by atomic mass is 10.1. The van der Waals surface area contributed by atoms with Gasteiger partial charge < -0.3 is 10.2 Å². The zero-order valence-corrected chi connectivity index (χ0v) is 12.1. The molecule has 0 amide bonds. The zero-order valence-electron chi connectivity index (χ0n) is 12.1. The van der Waals surface area contributed by atoms with Crippen molar-refractivity contribution >= 4 is 0 Å². The highest BCUT2D eigenvalue weighted by atomic mass is 16.5. The monoisotopic (exact) mass is 256 g/mol. The average Bonchev–Trinajstić information content (AvgIpc) is 2.34. The van der Waals surface area contributed by atoms with Crippen molar-refractivity contribution in [2.45, 2.75) is 90.3 Å². The van der Waals surface area contributed by atoms with E-state index in [0.717, 1.165) is 12.8 Å². The highest BCUT2D eigenvalue weighted by Gasteiger charge is 1.96. The summed E-state index contributed by atoms with van der Waals surface area (Å²) >= 11 is 0. The second-order valence-corrected chi connectivity index (χ2v) is 5.15. The molecule has 2 heteroatoms. The first-order chi connectivity index (χ1) is 8.77. The van der Waals surface area contributed by atoms with Gasteiger partial charge in [0, 0.05) is 0 Å². The molecule has 0 atom stereocenters. The first-order valence-corrected chi connectivity index (χ1v) is 7.78. The molecule has 0 radical (unpaired) electrons. The van der Waals surface area contributed by atoms with Crippen molar-refractivity contribution < 1.29 is 10.2 Å². The second kappa shape index (κ2) is 14.7. The van der Waals surface area contributed by atoms with Gasteiger partial charge in [0.2, 0.25) is 0 Å². The van der Waals surface area contributed by atoms with Crippen LogP contribution in [0, 0.1) is 0 Å². The van der Waals surface area contributed by atoms with Gasteiger partial charge in [-0.3, -0.25) is 0 Å². The molecule has 0 aromatic rings. The maximum Gasteiger partial charge on any atom is 0.151 e. The molecule has 2 N–H and O–H groups in total. The van der Waals surface area contributed by atoms with Crippen molar-refractivity contribution in [1.82, 2.24) is 0 Å². The highest BCUT2D eigenvalue weighted by Crippen LogP contribution is 2.10. The van der Waals surface area contributed by atoms with Crippen LogP contribution in [0.25, 0.3) is 0 Å². The molecule has 0 heterocycles. The highest BCUT2D eigenvalue weighted by molar-refractivity contribution is 4.81. The van der Waals surface area contributed by atoms with Crippen molar-refractivity contribution in [2.75, 3.05) is 0 Å². The molecule has 0 spiro atoms. The van der Waals surface area contributed by atoms with Crippen LogP contribution in [0.1, 0.15) is 84.0 Å². The van der Waals surface area contributed by atoms with Gasteiger partial charge in [-0.25, -0.2) is 0 Å². The Balaban J connectivity index is 3.01. The van der Waals surface area contributed by atoms with E-state index in [-0.39, 0.29) is 0 Å². The summed E-state index contributed by atoms with van der Waals surface area (Å²) in [5, 5.41) is 17.4. The number of rotatable bonds is 13. The molecule has 0 aliphatic rings. The quantitative estimate of drug-likeness (QED) is 0.288. The third kappa shape index (κ3) is 15.7. The largest absolute Gasteiger partial charge is 0.368 e. The van der Waals surface area contributed by atoms with Gasteiger partial charge in [0.15, 0.2) is 6.29 Å². The van der Waals surface area contributed by atoms with E-state index in [1.54, 1.807) is 0 Å². The smallest absolute Gasteiger partial charge is 0.151 e. The van der Waals surface area contributed by atoms with E-state index in [4.69, 9.17) is 10.2 Å². The molecule has 0 rings (SSSR count). The van der Waals surface area contributed by atoms with Crippen LogP contribution in [0.5, 0.6) is 0 Å². The van der Waals surface area contributed by atoms with Gasteiger partial charge in [0.1, 0.15) is 0 Å². The third-order valence-corrected chi connectivity index (χ3v) is 3.22. The molecule has 0 saturated carbocycles. The molecular formula is C16H32O2. The van der Waals surface area contributed by atoms with Gasteiger partial charge in [-0.15, -0.1) is 0 Å². The minimum Gasteiger partial charge on any atom is -0.368 e. The molecule has 0 saturated heterocycles. The number of allylic oxidation sites excluding steroid dienone is 2. The first-order valence-electron chi connectivity index (χ1n) is 7.78. The Bertz CT molecular complexity index is 176. The molecule has 0 aliphatic heterocycles. The standard InChI is InChI=1S/C16H32O2/c1-2-3-4-5-6-7-8-9-10-11-12-13-14-15-16(17)18/h5-6,16-18H,2-4,7-15H2,1H3. The minimum atomic E-state index is -1.11. The molecule has 0 bridgehead atoms. The van der Waals surface area contributed by atoms with E-state index in [0.29, 0.717) is 6.42 Å². The number of unbranched alkanes of at least 4 members (excludes halogenated alkanes) is 9. The SMILES string of the molecule is CCCCC=CCCCCCCCCCC(O)O. The fourth-order valence-corrected chi connectivity index (χ4v) is 2.03. The predicted octanol–water partition coefficient (Wildman–Crippen LogP) is 4.55. The minimum absolute atomic E-state index is 0.530. The Kier molecular flexibility index (Phi) is 14.4. The molecule has 0 aromatic heterocycles. The van der Waals surface area contributed by atoms with Gasteiger partial charge in [-0.2, -0.15) is 0 Å². The van der Waals surface area contributed by atoms with E-state index in [2.05, 4.69) is 19.1 Å². The Morgan fingerprint density at radius 3 is 1.78 bits per heavy atom. The second-order valence-electron chi connectivity index (χ2n) is 5.15. The van der Waals surface area contributed by atoms with Crippen LogP contribution in [0.15, 0.2) is 12.2 Å². The number of aliphatic hydroxyl groups is 2. The molecule has 0 unspecified atom stereocenters. The van der Waals surface area contributed by atoms with E-state index in [1.807, 2.05) is 0 Å². The Hall–Kier alpha value is -0.340. The van der Waals surface area contributed by atoms with Gasteiger partial charge in [-0.1, -0.05) is 64.0 Å². The van der Waals surface area contributed by atoms with Crippen LogP contribution in [0.3, 0.4) is 0 Å². The lowest BCUT2D eigenvalue weighted by Crippen LogP contribution is -2.02.